The number of rotatable bonds is 4. The van der Waals surface area contributed by atoms with Gasteiger partial charge in [-0.2, -0.15) is 0 Å². The zero-order valence-corrected chi connectivity index (χ0v) is 9.90. The summed E-state index contributed by atoms with van der Waals surface area (Å²) >= 11 is 0. The van der Waals surface area contributed by atoms with Gasteiger partial charge < -0.3 is 15.2 Å². The molecule has 2 N–H and O–H groups in total. The lowest BCUT2D eigenvalue weighted by Crippen LogP contribution is -2.25. The highest BCUT2D eigenvalue weighted by Crippen LogP contribution is 2.35. The van der Waals surface area contributed by atoms with E-state index in [4.69, 9.17) is 15.2 Å². The summed E-state index contributed by atoms with van der Waals surface area (Å²) in [6, 6.07) is 5.76. The van der Waals surface area contributed by atoms with Crippen molar-refractivity contribution in [3.63, 3.8) is 0 Å². The minimum atomic E-state index is -0.0776. The van der Waals surface area contributed by atoms with E-state index in [2.05, 4.69) is 0 Å². The Labute approximate surface area is 96.5 Å². The smallest absolute Gasteiger partial charge is 0.128 e. The molecule has 3 heteroatoms. The molecule has 1 aromatic rings. The summed E-state index contributed by atoms with van der Waals surface area (Å²) in [5.41, 5.74) is 6.94. The zero-order valence-electron chi connectivity index (χ0n) is 9.90. The van der Waals surface area contributed by atoms with E-state index >= 15 is 0 Å². The van der Waals surface area contributed by atoms with E-state index in [0.29, 0.717) is 6.10 Å². The Morgan fingerprint density at radius 1 is 1.31 bits per heavy atom. The summed E-state index contributed by atoms with van der Waals surface area (Å²) in [5, 5.41) is 0. The highest BCUT2D eigenvalue weighted by molar-refractivity contribution is 5.46. The van der Waals surface area contributed by atoms with Crippen LogP contribution >= 0.6 is 0 Å². The van der Waals surface area contributed by atoms with Crippen LogP contribution in [0.4, 0.5) is 0 Å². The molecule has 1 fully saturated rings. The van der Waals surface area contributed by atoms with Gasteiger partial charge in [-0.1, -0.05) is 6.07 Å². The Balaban J connectivity index is 2.26. The summed E-state index contributed by atoms with van der Waals surface area (Å²) in [5.74, 6) is 1.69. The van der Waals surface area contributed by atoms with Crippen LogP contribution in [-0.4, -0.2) is 13.2 Å². The van der Waals surface area contributed by atoms with Gasteiger partial charge in [0.05, 0.1) is 18.8 Å². The minimum absolute atomic E-state index is 0.0776. The average molecular weight is 221 g/mol. The molecule has 1 aliphatic rings. The van der Waals surface area contributed by atoms with Crippen molar-refractivity contribution >= 4 is 0 Å². The Bertz CT molecular complexity index is 359. The van der Waals surface area contributed by atoms with Crippen LogP contribution in [0.2, 0.25) is 0 Å². The number of ether oxygens (including phenoxy) is 2. The van der Waals surface area contributed by atoms with Gasteiger partial charge in [-0.15, -0.1) is 0 Å². The normalized spacial score (nSPS) is 17.7. The number of nitrogens with two attached hydrogens (primary N) is 1. The van der Waals surface area contributed by atoms with Crippen molar-refractivity contribution in [1.82, 2.24) is 0 Å². The topological polar surface area (TPSA) is 44.5 Å². The van der Waals surface area contributed by atoms with Crippen molar-refractivity contribution in [2.75, 3.05) is 7.11 Å². The van der Waals surface area contributed by atoms with Gasteiger partial charge in [0.2, 0.25) is 0 Å². The molecular formula is C13H19NO2. The van der Waals surface area contributed by atoms with E-state index in [1.165, 1.54) is 6.42 Å². The summed E-state index contributed by atoms with van der Waals surface area (Å²) in [4.78, 5) is 0. The van der Waals surface area contributed by atoms with Crippen LogP contribution in [0.1, 0.15) is 37.8 Å². The predicted molar refractivity (Wildman–Crippen MR) is 63.9 cm³/mol. The summed E-state index contributed by atoms with van der Waals surface area (Å²) in [6.45, 7) is 1.95. The van der Waals surface area contributed by atoms with Crippen molar-refractivity contribution in [1.29, 1.82) is 0 Å². The summed E-state index contributed by atoms with van der Waals surface area (Å²) in [6.07, 6.45) is 3.93. The third kappa shape index (κ3) is 2.14. The first-order valence-electron chi connectivity index (χ1n) is 5.81. The molecule has 0 aliphatic heterocycles. The Kier molecular flexibility index (Phi) is 3.34. The molecule has 1 unspecified atom stereocenters. The van der Waals surface area contributed by atoms with Gasteiger partial charge in [0.15, 0.2) is 0 Å². The quantitative estimate of drug-likeness (QED) is 0.850. The van der Waals surface area contributed by atoms with Crippen molar-refractivity contribution in [3.05, 3.63) is 23.8 Å². The fourth-order valence-corrected chi connectivity index (χ4v) is 1.92. The molecule has 0 spiro atoms. The van der Waals surface area contributed by atoms with E-state index in [1.807, 2.05) is 25.1 Å². The molecule has 0 bridgehead atoms. The number of benzene rings is 1. The lowest BCUT2D eigenvalue weighted by atomic mass is 9.96. The first-order chi connectivity index (χ1) is 7.72. The molecule has 3 nitrogen and oxygen atoms in total. The first-order valence-corrected chi connectivity index (χ1v) is 5.81. The number of hydrogen-bond acceptors (Lipinski definition) is 3. The highest BCUT2D eigenvalue weighted by Gasteiger charge is 2.22. The monoisotopic (exact) mass is 221 g/mol. The lowest BCUT2D eigenvalue weighted by molar-refractivity contribution is 0.118. The van der Waals surface area contributed by atoms with Crippen molar-refractivity contribution < 1.29 is 9.47 Å². The average Bonchev–Trinajstić information content (AvgIpc) is 2.22. The second-order valence-electron chi connectivity index (χ2n) is 4.33. The Morgan fingerprint density at radius 3 is 2.50 bits per heavy atom. The maximum Gasteiger partial charge on any atom is 0.128 e. The van der Waals surface area contributed by atoms with Crippen LogP contribution in [0, 0.1) is 0 Å². The summed E-state index contributed by atoms with van der Waals surface area (Å²) < 4.78 is 11.2. The SMILES string of the molecule is COc1cccc(OC2CCC2)c1C(C)N. The number of hydrogen-bond donors (Lipinski definition) is 1. The Hall–Kier alpha value is -1.22. The summed E-state index contributed by atoms with van der Waals surface area (Å²) in [7, 11) is 1.66. The van der Waals surface area contributed by atoms with Crippen LogP contribution in [0.25, 0.3) is 0 Å². The standard InChI is InChI=1S/C13H19NO2/c1-9(14)13-11(15-2)7-4-8-12(13)16-10-5-3-6-10/h4,7-10H,3,5-6,14H2,1-2H3. The molecule has 0 aromatic heterocycles. The molecule has 2 rings (SSSR count). The highest BCUT2D eigenvalue weighted by atomic mass is 16.5. The van der Waals surface area contributed by atoms with Crippen molar-refractivity contribution in [3.8, 4) is 11.5 Å². The van der Waals surface area contributed by atoms with Crippen LogP contribution in [0.15, 0.2) is 18.2 Å². The van der Waals surface area contributed by atoms with E-state index in [1.54, 1.807) is 7.11 Å². The molecule has 1 aliphatic carbocycles. The molecule has 0 saturated heterocycles. The van der Waals surface area contributed by atoms with Crippen LogP contribution < -0.4 is 15.2 Å². The molecular weight excluding hydrogens is 202 g/mol. The zero-order chi connectivity index (χ0) is 11.5. The molecule has 1 aromatic carbocycles. The second kappa shape index (κ2) is 4.74. The van der Waals surface area contributed by atoms with Crippen molar-refractivity contribution in [2.24, 2.45) is 5.73 Å². The molecule has 16 heavy (non-hydrogen) atoms. The number of methoxy groups -OCH3 is 1. The van der Waals surface area contributed by atoms with Gasteiger partial charge in [0.1, 0.15) is 11.5 Å². The molecule has 1 atom stereocenters. The van der Waals surface area contributed by atoms with Crippen molar-refractivity contribution in [2.45, 2.75) is 38.3 Å². The molecule has 1 saturated carbocycles. The van der Waals surface area contributed by atoms with Gasteiger partial charge in [-0.05, 0) is 38.3 Å². The fraction of sp³-hybridized carbons (Fsp3) is 0.538. The van der Waals surface area contributed by atoms with E-state index in [-0.39, 0.29) is 6.04 Å². The lowest BCUT2D eigenvalue weighted by Gasteiger charge is -2.28. The maximum absolute atomic E-state index is 5.97. The maximum atomic E-state index is 5.97. The van der Waals surface area contributed by atoms with Gasteiger partial charge >= 0.3 is 0 Å². The van der Waals surface area contributed by atoms with E-state index < -0.39 is 0 Å². The largest absolute Gasteiger partial charge is 0.496 e. The first kappa shape index (κ1) is 11.3. The fourth-order valence-electron chi connectivity index (χ4n) is 1.92. The van der Waals surface area contributed by atoms with E-state index in [9.17, 15) is 0 Å². The van der Waals surface area contributed by atoms with Crippen LogP contribution in [0.5, 0.6) is 11.5 Å². The third-order valence-corrected chi connectivity index (χ3v) is 3.05. The van der Waals surface area contributed by atoms with E-state index in [0.717, 1.165) is 29.9 Å². The second-order valence-corrected chi connectivity index (χ2v) is 4.33. The molecule has 88 valence electrons. The van der Waals surface area contributed by atoms with Gasteiger partial charge in [0.25, 0.3) is 0 Å². The van der Waals surface area contributed by atoms with Gasteiger partial charge in [-0.25, -0.2) is 0 Å². The third-order valence-electron chi connectivity index (χ3n) is 3.05. The molecule has 0 heterocycles. The van der Waals surface area contributed by atoms with Gasteiger partial charge in [0, 0.05) is 6.04 Å². The molecule has 0 amide bonds. The predicted octanol–water partition coefficient (Wildman–Crippen LogP) is 2.65. The van der Waals surface area contributed by atoms with Gasteiger partial charge in [-0.3, -0.25) is 0 Å². The Morgan fingerprint density at radius 2 is 2.00 bits per heavy atom. The van der Waals surface area contributed by atoms with Crippen LogP contribution in [0.3, 0.4) is 0 Å². The molecule has 0 radical (unpaired) electrons. The van der Waals surface area contributed by atoms with Crippen LogP contribution in [-0.2, 0) is 0 Å². The minimum Gasteiger partial charge on any atom is -0.496 e.